The van der Waals surface area contributed by atoms with Gasteiger partial charge in [-0.3, -0.25) is 9.69 Å². The number of carboxylic acid groups (broad SMARTS) is 1. The predicted octanol–water partition coefficient (Wildman–Crippen LogP) is 5.02. The van der Waals surface area contributed by atoms with Crippen LogP contribution in [-0.2, 0) is 11.3 Å². The summed E-state index contributed by atoms with van der Waals surface area (Å²) in [5, 5.41) is 8.71. The first kappa shape index (κ1) is 18.6. The van der Waals surface area contributed by atoms with Crippen LogP contribution in [0.3, 0.4) is 0 Å². The normalized spacial score (nSPS) is 11.4. The molecule has 1 aromatic heterocycles. The van der Waals surface area contributed by atoms with Crippen molar-refractivity contribution in [3.63, 3.8) is 0 Å². The second kappa shape index (κ2) is 8.94. The number of thiophene rings is 1. The van der Waals surface area contributed by atoms with Gasteiger partial charge in [-0.05, 0) is 51.4 Å². The van der Waals surface area contributed by atoms with Crippen molar-refractivity contribution in [3.8, 4) is 10.4 Å². The summed E-state index contributed by atoms with van der Waals surface area (Å²) >= 11 is 1.61. The molecule has 24 heavy (non-hydrogen) atoms. The maximum atomic E-state index is 13.9. The number of unbranched alkanes of at least 4 members (excludes halogenated alkanes) is 1. The first-order chi connectivity index (χ1) is 11.5. The molecule has 1 N–H and O–H groups in total. The van der Waals surface area contributed by atoms with Crippen molar-refractivity contribution in [2.75, 3.05) is 6.54 Å². The molecule has 0 fully saturated rings. The highest BCUT2D eigenvalue weighted by Crippen LogP contribution is 2.30. The lowest BCUT2D eigenvalue weighted by Gasteiger charge is -2.25. The zero-order chi connectivity index (χ0) is 17.5. The van der Waals surface area contributed by atoms with Gasteiger partial charge < -0.3 is 5.11 Å². The number of aliphatic carboxylic acids is 1. The zero-order valence-electron chi connectivity index (χ0n) is 14.2. The number of carbonyl (C=O) groups is 1. The molecule has 0 unspecified atom stereocenters. The molecule has 0 radical (unpaired) electrons. The Bertz CT molecular complexity index is 669. The lowest BCUT2D eigenvalue weighted by molar-refractivity contribution is -0.137. The lowest BCUT2D eigenvalue weighted by Crippen LogP contribution is -2.31. The van der Waals surface area contributed by atoms with Crippen molar-refractivity contribution in [3.05, 3.63) is 47.1 Å². The number of halogens is 1. The Morgan fingerprint density at radius 3 is 2.62 bits per heavy atom. The van der Waals surface area contributed by atoms with E-state index in [0.717, 1.165) is 24.4 Å². The average molecular weight is 349 g/mol. The summed E-state index contributed by atoms with van der Waals surface area (Å²) in [6.07, 6.45) is 1.79. The van der Waals surface area contributed by atoms with E-state index in [1.165, 1.54) is 10.9 Å². The van der Waals surface area contributed by atoms with Crippen LogP contribution in [0.15, 0.2) is 36.4 Å². The van der Waals surface area contributed by atoms with Crippen LogP contribution in [0.2, 0.25) is 0 Å². The Labute approximate surface area is 146 Å². The molecule has 1 aromatic carbocycles. The van der Waals surface area contributed by atoms with Crippen molar-refractivity contribution in [1.29, 1.82) is 0 Å². The summed E-state index contributed by atoms with van der Waals surface area (Å²) in [5.74, 6) is -0.931. The fourth-order valence-corrected chi connectivity index (χ4v) is 3.64. The molecule has 0 saturated heterocycles. The summed E-state index contributed by atoms with van der Waals surface area (Å²) in [6, 6.07) is 11.2. The molecule has 0 bridgehead atoms. The van der Waals surface area contributed by atoms with Crippen LogP contribution in [0.5, 0.6) is 0 Å². The van der Waals surface area contributed by atoms with Gasteiger partial charge in [0.15, 0.2) is 0 Å². The van der Waals surface area contributed by atoms with Crippen LogP contribution < -0.4 is 0 Å². The SMILES string of the molecule is CC(C)N(CCCCC(=O)O)Cc1ccc(-c2ccccc2F)s1. The van der Waals surface area contributed by atoms with Crippen molar-refractivity contribution in [2.24, 2.45) is 0 Å². The number of hydrogen-bond acceptors (Lipinski definition) is 3. The Hall–Kier alpha value is -1.72. The minimum atomic E-state index is -0.737. The van der Waals surface area contributed by atoms with E-state index in [-0.39, 0.29) is 12.2 Å². The highest BCUT2D eigenvalue weighted by atomic mass is 32.1. The smallest absolute Gasteiger partial charge is 0.303 e. The molecule has 0 aliphatic rings. The van der Waals surface area contributed by atoms with Crippen LogP contribution in [0.4, 0.5) is 4.39 Å². The third kappa shape index (κ3) is 5.42. The van der Waals surface area contributed by atoms with Crippen molar-refractivity contribution >= 4 is 17.3 Å². The van der Waals surface area contributed by atoms with E-state index in [9.17, 15) is 9.18 Å². The van der Waals surface area contributed by atoms with Gasteiger partial charge in [-0.1, -0.05) is 18.2 Å². The van der Waals surface area contributed by atoms with E-state index in [0.29, 0.717) is 18.0 Å². The fraction of sp³-hybridized carbons (Fsp3) is 0.421. The summed E-state index contributed by atoms with van der Waals surface area (Å²) in [7, 11) is 0. The van der Waals surface area contributed by atoms with Gasteiger partial charge in [-0.2, -0.15) is 0 Å². The summed E-state index contributed by atoms with van der Waals surface area (Å²) in [5.41, 5.74) is 0.645. The topological polar surface area (TPSA) is 40.5 Å². The molecular formula is C19H24FNO2S. The van der Waals surface area contributed by atoms with Crippen molar-refractivity contribution in [1.82, 2.24) is 4.90 Å². The Balaban J connectivity index is 1.98. The molecule has 0 saturated carbocycles. The first-order valence-electron chi connectivity index (χ1n) is 8.27. The van der Waals surface area contributed by atoms with Crippen LogP contribution in [-0.4, -0.2) is 28.6 Å². The van der Waals surface area contributed by atoms with Gasteiger partial charge in [0.2, 0.25) is 0 Å². The molecule has 2 aromatic rings. The molecule has 0 aliphatic carbocycles. The molecule has 130 valence electrons. The number of rotatable bonds is 9. The van der Waals surface area contributed by atoms with Gasteiger partial charge in [-0.15, -0.1) is 11.3 Å². The molecule has 3 nitrogen and oxygen atoms in total. The quantitative estimate of drug-likeness (QED) is 0.646. The molecular weight excluding hydrogens is 325 g/mol. The standard InChI is InChI=1S/C19H24FNO2S/c1-14(2)21(12-6-5-9-19(22)23)13-15-10-11-18(24-15)16-7-3-4-8-17(16)20/h3-4,7-8,10-11,14H,5-6,9,12-13H2,1-2H3,(H,22,23). The maximum absolute atomic E-state index is 13.9. The monoisotopic (exact) mass is 349 g/mol. The van der Waals surface area contributed by atoms with E-state index < -0.39 is 5.97 Å². The largest absolute Gasteiger partial charge is 0.481 e. The third-order valence-corrected chi connectivity index (χ3v) is 5.08. The van der Waals surface area contributed by atoms with Gasteiger partial charge in [0.1, 0.15) is 5.82 Å². The summed E-state index contributed by atoms with van der Waals surface area (Å²) in [6.45, 7) is 5.97. The molecule has 0 aliphatic heterocycles. The fourth-order valence-electron chi connectivity index (χ4n) is 2.58. The van der Waals surface area contributed by atoms with E-state index in [2.05, 4.69) is 24.8 Å². The van der Waals surface area contributed by atoms with Crippen LogP contribution in [0.25, 0.3) is 10.4 Å². The minimum Gasteiger partial charge on any atom is -0.481 e. The third-order valence-electron chi connectivity index (χ3n) is 3.98. The Morgan fingerprint density at radius 2 is 1.96 bits per heavy atom. The van der Waals surface area contributed by atoms with Gasteiger partial charge in [0.05, 0.1) is 0 Å². The van der Waals surface area contributed by atoms with Crippen LogP contribution in [0.1, 0.15) is 38.0 Å². The average Bonchev–Trinajstić information content (AvgIpc) is 2.98. The first-order valence-corrected chi connectivity index (χ1v) is 9.08. The Kier molecular flexibility index (Phi) is 6.94. The summed E-state index contributed by atoms with van der Waals surface area (Å²) in [4.78, 5) is 15.1. The van der Waals surface area contributed by atoms with Gasteiger partial charge in [-0.25, -0.2) is 4.39 Å². The molecule has 5 heteroatoms. The maximum Gasteiger partial charge on any atom is 0.303 e. The van der Waals surface area contributed by atoms with Crippen LogP contribution in [0, 0.1) is 5.82 Å². The van der Waals surface area contributed by atoms with Gasteiger partial charge in [0, 0.05) is 34.3 Å². The van der Waals surface area contributed by atoms with E-state index >= 15 is 0 Å². The molecule has 2 rings (SSSR count). The Morgan fingerprint density at radius 1 is 1.21 bits per heavy atom. The minimum absolute atomic E-state index is 0.194. The number of carboxylic acids is 1. The van der Waals surface area contributed by atoms with Crippen molar-refractivity contribution < 1.29 is 14.3 Å². The number of benzene rings is 1. The van der Waals surface area contributed by atoms with Crippen LogP contribution >= 0.6 is 11.3 Å². The highest BCUT2D eigenvalue weighted by Gasteiger charge is 2.13. The molecule has 0 spiro atoms. The number of nitrogens with zero attached hydrogens (tertiary/aromatic N) is 1. The van der Waals surface area contributed by atoms with E-state index in [4.69, 9.17) is 5.11 Å². The highest BCUT2D eigenvalue weighted by molar-refractivity contribution is 7.15. The second-order valence-electron chi connectivity index (χ2n) is 6.16. The lowest BCUT2D eigenvalue weighted by atomic mass is 10.2. The number of hydrogen-bond donors (Lipinski definition) is 1. The van der Waals surface area contributed by atoms with E-state index in [1.54, 1.807) is 23.5 Å². The second-order valence-corrected chi connectivity index (χ2v) is 7.33. The van der Waals surface area contributed by atoms with Crippen molar-refractivity contribution in [2.45, 2.75) is 45.7 Å². The summed E-state index contributed by atoms with van der Waals surface area (Å²) < 4.78 is 13.9. The molecule has 1 heterocycles. The van der Waals surface area contributed by atoms with Gasteiger partial charge in [0.25, 0.3) is 0 Å². The van der Waals surface area contributed by atoms with Gasteiger partial charge >= 0.3 is 5.97 Å². The molecule has 0 atom stereocenters. The molecule has 0 amide bonds. The zero-order valence-corrected chi connectivity index (χ0v) is 15.0. The predicted molar refractivity (Wildman–Crippen MR) is 96.7 cm³/mol. The van der Waals surface area contributed by atoms with E-state index in [1.807, 2.05) is 12.1 Å².